The maximum absolute atomic E-state index is 3.61. The summed E-state index contributed by atoms with van der Waals surface area (Å²) in [6, 6.07) is 0.710. The van der Waals surface area contributed by atoms with Gasteiger partial charge in [-0.2, -0.15) is 0 Å². The molecule has 1 N–H and O–H groups in total. The first-order chi connectivity index (χ1) is 7.13. The first-order valence-corrected chi connectivity index (χ1v) is 6.52. The lowest BCUT2D eigenvalue weighted by atomic mass is 9.93. The van der Waals surface area contributed by atoms with Crippen LogP contribution in [0.5, 0.6) is 0 Å². The van der Waals surface area contributed by atoms with E-state index >= 15 is 0 Å². The van der Waals surface area contributed by atoms with Crippen LogP contribution in [0.15, 0.2) is 0 Å². The van der Waals surface area contributed by atoms with E-state index in [1.54, 1.807) is 0 Å². The second-order valence-electron chi connectivity index (χ2n) is 4.76. The van der Waals surface area contributed by atoms with Crippen LogP contribution in [0.3, 0.4) is 0 Å². The molecule has 0 rings (SSSR count). The molecule has 92 valence electrons. The molecule has 0 aliphatic heterocycles. The smallest absolute Gasteiger partial charge is 0.00817 e. The lowest BCUT2D eigenvalue weighted by Crippen LogP contribution is -2.33. The molecule has 0 aromatic heterocycles. The van der Waals surface area contributed by atoms with Crippen molar-refractivity contribution in [2.45, 2.75) is 52.5 Å². The molecule has 0 aromatic rings. The number of rotatable bonds is 9. The highest BCUT2D eigenvalue weighted by atomic mass is 15.1. The highest BCUT2D eigenvalue weighted by Gasteiger charge is 2.13. The van der Waals surface area contributed by atoms with Crippen LogP contribution in [-0.2, 0) is 0 Å². The highest BCUT2D eigenvalue weighted by molar-refractivity contribution is 4.71. The minimum Gasteiger partial charge on any atom is -0.314 e. The van der Waals surface area contributed by atoms with E-state index in [1.807, 2.05) is 0 Å². The molecule has 0 fully saturated rings. The van der Waals surface area contributed by atoms with E-state index in [0.717, 1.165) is 12.5 Å². The summed E-state index contributed by atoms with van der Waals surface area (Å²) < 4.78 is 0. The van der Waals surface area contributed by atoms with Crippen molar-refractivity contribution in [2.24, 2.45) is 5.92 Å². The molecule has 0 heterocycles. The quantitative estimate of drug-likeness (QED) is 0.635. The maximum atomic E-state index is 3.61. The van der Waals surface area contributed by atoms with Crippen LogP contribution >= 0.6 is 0 Å². The molecule has 0 spiro atoms. The van der Waals surface area contributed by atoms with Crippen LogP contribution in [-0.4, -0.2) is 38.1 Å². The topological polar surface area (TPSA) is 15.3 Å². The van der Waals surface area contributed by atoms with Crippen molar-refractivity contribution in [2.75, 3.05) is 27.2 Å². The van der Waals surface area contributed by atoms with Crippen LogP contribution in [0, 0.1) is 5.92 Å². The van der Waals surface area contributed by atoms with Gasteiger partial charge in [-0.1, -0.05) is 33.6 Å². The average Bonchev–Trinajstić information content (AvgIpc) is 2.22. The Labute approximate surface area is 96.4 Å². The number of hydrogen-bond acceptors (Lipinski definition) is 2. The third kappa shape index (κ3) is 7.80. The molecule has 0 aliphatic carbocycles. The zero-order valence-corrected chi connectivity index (χ0v) is 11.3. The standard InChI is InChI=1S/C13H30N2/c1-6-12(7-2)11-13(14-8-3)9-10-15(4)5/h12-14H,6-11H2,1-5H3. The van der Waals surface area contributed by atoms with E-state index in [1.165, 1.54) is 32.2 Å². The second-order valence-corrected chi connectivity index (χ2v) is 4.76. The summed E-state index contributed by atoms with van der Waals surface area (Å²) >= 11 is 0. The van der Waals surface area contributed by atoms with Crippen LogP contribution in [0.4, 0.5) is 0 Å². The van der Waals surface area contributed by atoms with Crippen molar-refractivity contribution >= 4 is 0 Å². The van der Waals surface area contributed by atoms with Gasteiger partial charge in [0.1, 0.15) is 0 Å². The van der Waals surface area contributed by atoms with Crippen LogP contribution in [0.25, 0.3) is 0 Å². The molecule has 0 amide bonds. The normalized spacial score (nSPS) is 13.8. The van der Waals surface area contributed by atoms with Crippen molar-refractivity contribution in [3.05, 3.63) is 0 Å². The van der Waals surface area contributed by atoms with Gasteiger partial charge in [-0.05, 0) is 45.9 Å². The molecular weight excluding hydrogens is 184 g/mol. The predicted molar refractivity (Wildman–Crippen MR) is 69.3 cm³/mol. The van der Waals surface area contributed by atoms with Gasteiger partial charge in [-0.15, -0.1) is 0 Å². The summed E-state index contributed by atoms with van der Waals surface area (Å²) in [6.45, 7) is 9.11. The lowest BCUT2D eigenvalue weighted by molar-refractivity contribution is 0.313. The Bertz CT molecular complexity index is 130. The van der Waals surface area contributed by atoms with Gasteiger partial charge in [0.2, 0.25) is 0 Å². The Balaban J connectivity index is 3.90. The van der Waals surface area contributed by atoms with Gasteiger partial charge in [0.25, 0.3) is 0 Å². The van der Waals surface area contributed by atoms with E-state index in [0.29, 0.717) is 6.04 Å². The van der Waals surface area contributed by atoms with Gasteiger partial charge in [0.05, 0.1) is 0 Å². The summed E-state index contributed by atoms with van der Waals surface area (Å²) in [5, 5.41) is 3.61. The van der Waals surface area contributed by atoms with Crippen molar-refractivity contribution in [3.63, 3.8) is 0 Å². The Morgan fingerprint density at radius 2 is 1.67 bits per heavy atom. The first-order valence-electron chi connectivity index (χ1n) is 6.52. The minimum absolute atomic E-state index is 0.710. The van der Waals surface area contributed by atoms with Gasteiger partial charge >= 0.3 is 0 Å². The monoisotopic (exact) mass is 214 g/mol. The summed E-state index contributed by atoms with van der Waals surface area (Å²) in [5.74, 6) is 0.899. The molecule has 0 radical (unpaired) electrons. The SMILES string of the molecule is CCNC(CCN(C)C)CC(CC)CC. The molecule has 0 saturated heterocycles. The molecule has 1 unspecified atom stereocenters. The van der Waals surface area contributed by atoms with Crippen LogP contribution < -0.4 is 5.32 Å². The van der Waals surface area contributed by atoms with E-state index in [4.69, 9.17) is 0 Å². The zero-order valence-electron chi connectivity index (χ0n) is 11.3. The number of hydrogen-bond donors (Lipinski definition) is 1. The molecule has 2 heteroatoms. The van der Waals surface area contributed by atoms with Crippen molar-refractivity contribution in [1.29, 1.82) is 0 Å². The molecule has 0 aromatic carbocycles. The van der Waals surface area contributed by atoms with Gasteiger partial charge in [0.15, 0.2) is 0 Å². The fourth-order valence-corrected chi connectivity index (χ4v) is 2.03. The molecule has 2 nitrogen and oxygen atoms in total. The molecule has 1 atom stereocenters. The average molecular weight is 214 g/mol. The fraction of sp³-hybridized carbons (Fsp3) is 1.00. The van der Waals surface area contributed by atoms with E-state index in [9.17, 15) is 0 Å². The van der Waals surface area contributed by atoms with E-state index in [2.05, 4.69) is 45.1 Å². The molecule has 15 heavy (non-hydrogen) atoms. The Morgan fingerprint density at radius 1 is 1.07 bits per heavy atom. The first kappa shape index (κ1) is 14.9. The Morgan fingerprint density at radius 3 is 2.07 bits per heavy atom. The van der Waals surface area contributed by atoms with E-state index in [-0.39, 0.29) is 0 Å². The van der Waals surface area contributed by atoms with Crippen molar-refractivity contribution < 1.29 is 0 Å². The molecule has 0 bridgehead atoms. The minimum atomic E-state index is 0.710. The Kier molecular flexibility index (Phi) is 9.12. The molecule has 0 saturated carbocycles. The maximum Gasteiger partial charge on any atom is 0.00817 e. The molecular formula is C13H30N2. The Hall–Kier alpha value is -0.0800. The highest BCUT2D eigenvalue weighted by Crippen LogP contribution is 2.16. The number of nitrogens with zero attached hydrogens (tertiary/aromatic N) is 1. The van der Waals surface area contributed by atoms with Crippen LogP contribution in [0.2, 0.25) is 0 Å². The second kappa shape index (κ2) is 9.17. The predicted octanol–water partition coefficient (Wildman–Crippen LogP) is 2.74. The molecule has 0 aliphatic rings. The van der Waals surface area contributed by atoms with Crippen LogP contribution in [0.1, 0.15) is 46.5 Å². The fourth-order valence-electron chi connectivity index (χ4n) is 2.03. The van der Waals surface area contributed by atoms with E-state index < -0.39 is 0 Å². The third-order valence-electron chi connectivity index (χ3n) is 3.19. The lowest BCUT2D eigenvalue weighted by Gasteiger charge is -2.24. The van der Waals surface area contributed by atoms with Gasteiger partial charge in [-0.3, -0.25) is 0 Å². The van der Waals surface area contributed by atoms with Crippen molar-refractivity contribution in [1.82, 2.24) is 10.2 Å². The van der Waals surface area contributed by atoms with Gasteiger partial charge in [0, 0.05) is 6.04 Å². The zero-order chi connectivity index (χ0) is 11.7. The van der Waals surface area contributed by atoms with Gasteiger partial charge in [-0.25, -0.2) is 0 Å². The summed E-state index contributed by atoms with van der Waals surface area (Å²) in [7, 11) is 4.31. The van der Waals surface area contributed by atoms with Gasteiger partial charge < -0.3 is 10.2 Å². The summed E-state index contributed by atoms with van der Waals surface area (Å²) in [5.41, 5.74) is 0. The third-order valence-corrected chi connectivity index (χ3v) is 3.19. The number of nitrogens with one attached hydrogen (secondary N) is 1. The summed E-state index contributed by atoms with van der Waals surface area (Å²) in [6.07, 6.45) is 5.26. The summed E-state index contributed by atoms with van der Waals surface area (Å²) in [4.78, 5) is 2.28. The van der Waals surface area contributed by atoms with Crippen molar-refractivity contribution in [3.8, 4) is 0 Å². The largest absolute Gasteiger partial charge is 0.314 e.